The van der Waals surface area contributed by atoms with Crippen molar-refractivity contribution in [2.45, 2.75) is 17.7 Å². The number of nitrogens with one attached hydrogen (secondary N) is 1. The van der Waals surface area contributed by atoms with Crippen molar-refractivity contribution in [2.24, 2.45) is 5.92 Å². The van der Waals surface area contributed by atoms with Crippen LogP contribution >= 0.6 is 0 Å². The molecule has 0 radical (unpaired) electrons. The van der Waals surface area contributed by atoms with Gasteiger partial charge < -0.3 is 15.1 Å². The van der Waals surface area contributed by atoms with Crippen LogP contribution in [-0.2, 0) is 14.8 Å². The average Bonchev–Trinajstić information content (AvgIpc) is 2.80. The molecule has 32 heavy (non-hydrogen) atoms. The molecule has 3 aromatic carbocycles. The SMILES string of the molecule is O=C(O)C1CCN(C(=O)c2ccc3c(NS(=O)(=O)c4ccccc4)cccc3c2O)CC1. The molecule has 1 aliphatic heterocycles. The smallest absolute Gasteiger partial charge is 0.306 e. The number of benzene rings is 3. The monoisotopic (exact) mass is 454 g/mol. The Bertz CT molecular complexity index is 1280. The van der Waals surface area contributed by atoms with Crippen LogP contribution in [0.5, 0.6) is 5.75 Å². The van der Waals surface area contributed by atoms with Gasteiger partial charge in [-0.1, -0.05) is 36.4 Å². The second-order valence-corrected chi connectivity index (χ2v) is 9.37. The topological polar surface area (TPSA) is 124 Å². The van der Waals surface area contributed by atoms with Crippen LogP contribution in [0.3, 0.4) is 0 Å². The van der Waals surface area contributed by atoms with E-state index in [1.807, 2.05) is 0 Å². The molecule has 3 N–H and O–H groups in total. The number of carboxylic acid groups (broad SMARTS) is 1. The molecule has 4 rings (SSSR count). The summed E-state index contributed by atoms with van der Waals surface area (Å²) in [6.45, 7) is 0.592. The normalized spacial score (nSPS) is 14.9. The molecule has 0 aromatic heterocycles. The van der Waals surface area contributed by atoms with E-state index in [4.69, 9.17) is 5.11 Å². The van der Waals surface area contributed by atoms with Gasteiger partial charge in [0.05, 0.1) is 22.1 Å². The summed E-state index contributed by atoms with van der Waals surface area (Å²) in [7, 11) is -3.83. The fraction of sp³-hybridized carbons (Fsp3) is 0.217. The molecular formula is C23H22N2O6S. The van der Waals surface area contributed by atoms with Crippen LogP contribution < -0.4 is 4.72 Å². The second-order valence-electron chi connectivity index (χ2n) is 7.69. The van der Waals surface area contributed by atoms with Crippen LogP contribution in [0.4, 0.5) is 5.69 Å². The molecule has 0 saturated carbocycles. The molecule has 0 aliphatic carbocycles. The first-order valence-electron chi connectivity index (χ1n) is 10.1. The van der Waals surface area contributed by atoms with Crippen LogP contribution in [0.1, 0.15) is 23.2 Å². The highest BCUT2D eigenvalue weighted by atomic mass is 32.2. The third-order valence-electron chi connectivity index (χ3n) is 5.69. The highest BCUT2D eigenvalue weighted by Crippen LogP contribution is 2.35. The molecular weight excluding hydrogens is 432 g/mol. The number of likely N-dealkylation sites (tertiary alicyclic amines) is 1. The van der Waals surface area contributed by atoms with E-state index in [1.54, 1.807) is 42.5 Å². The molecule has 1 fully saturated rings. The first-order chi connectivity index (χ1) is 15.3. The Morgan fingerprint density at radius 3 is 2.25 bits per heavy atom. The molecule has 8 nitrogen and oxygen atoms in total. The van der Waals surface area contributed by atoms with E-state index in [2.05, 4.69) is 4.72 Å². The molecule has 0 unspecified atom stereocenters. The van der Waals surface area contributed by atoms with Crippen LogP contribution in [0.15, 0.2) is 65.6 Å². The number of nitrogens with zero attached hydrogens (tertiary/aromatic N) is 1. The van der Waals surface area contributed by atoms with Crippen molar-refractivity contribution in [3.05, 3.63) is 66.2 Å². The lowest BCUT2D eigenvalue weighted by Gasteiger charge is -2.30. The Labute approximate surface area is 185 Å². The summed E-state index contributed by atoms with van der Waals surface area (Å²) in [4.78, 5) is 25.7. The van der Waals surface area contributed by atoms with Crippen molar-refractivity contribution >= 4 is 38.4 Å². The summed E-state index contributed by atoms with van der Waals surface area (Å²) >= 11 is 0. The zero-order valence-electron chi connectivity index (χ0n) is 17.1. The number of phenols is 1. The van der Waals surface area contributed by atoms with Gasteiger partial charge in [-0.25, -0.2) is 8.42 Å². The minimum atomic E-state index is -3.83. The van der Waals surface area contributed by atoms with Gasteiger partial charge in [0.25, 0.3) is 15.9 Å². The number of sulfonamides is 1. The van der Waals surface area contributed by atoms with E-state index >= 15 is 0 Å². The van der Waals surface area contributed by atoms with E-state index in [0.717, 1.165) is 0 Å². The number of hydrogen-bond donors (Lipinski definition) is 3. The Balaban J connectivity index is 1.63. The molecule has 166 valence electrons. The summed E-state index contributed by atoms with van der Waals surface area (Å²) in [6.07, 6.45) is 0.724. The molecule has 1 amide bonds. The summed E-state index contributed by atoms with van der Waals surface area (Å²) in [5.74, 6) is -1.96. The number of hydrogen-bond acceptors (Lipinski definition) is 5. The van der Waals surface area contributed by atoms with Gasteiger partial charge in [-0.05, 0) is 37.1 Å². The van der Waals surface area contributed by atoms with Crippen LogP contribution in [0, 0.1) is 5.92 Å². The van der Waals surface area contributed by atoms with Crippen LogP contribution in [-0.4, -0.2) is 48.5 Å². The van der Waals surface area contributed by atoms with Gasteiger partial charge >= 0.3 is 5.97 Å². The Kier molecular flexibility index (Phi) is 5.75. The third-order valence-corrected chi connectivity index (χ3v) is 7.07. The molecule has 1 heterocycles. The number of carboxylic acids is 1. The van der Waals surface area contributed by atoms with Crippen LogP contribution in [0.2, 0.25) is 0 Å². The number of carbonyl (C=O) groups excluding carboxylic acids is 1. The van der Waals surface area contributed by atoms with Crippen molar-refractivity contribution in [1.82, 2.24) is 4.90 Å². The number of rotatable bonds is 5. The van der Waals surface area contributed by atoms with E-state index in [0.29, 0.717) is 36.7 Å². The number of fused-ring (bicyclic) bond motifs is 1. The van der Waals surface area contributed by atoms with Crippen molar-refractivity contribution < 1.29 is 28.2 Å². The minimum absolute atomic E-state index is 0.0920. The molecule has 3 aromatic rings. The number of aliphatic carboxylic acids is 1. The lowest BCUT2D eigenvalue weighted by molar-refractivity contribution is -0.143. The molecule has 0 atom stereocenters. The summed E-state index contributed by atoms with van der Waals surface area (Å²) in [5, 5.41) is 20.7. The fourth-order valence-electron chi connectivity index (χ4n) is 3.91. The van der Waals surface area contributed by atoms with Gasteiger partial charge in [0.1, 0.15) is 5.75 Å². The largest absolute Gasteiger partial charge is 0.506 e. The van der Waals surface area contributed by atoms with E-state index in [9.17, 15) is 23.1 Å². The zero-order valence-corrected chi connectivity index (χ0v) is 17.9. The minimum Gasteiger partial charge on any atom is -0.506 e. The lowest BCUT2D eigenvalue weighted by atomic mass is 9.96. The Morgan fingerprint density at radius 1 is 0.906 bits per heavy atom. The number of phenolic OH excluding ortho intramolecular Hbond substituents is 1. The maximum absolute atomic E-state index is 12.9. The first-order valence-corrected chi connectivity index (χ1v) is 11.6. The zero-order chi connectivity index (χ0) is 22.9. The summed E-state index contributed by atoms with van der Waals surface area (Å²) in [5.41, 5.74) is 0.372. The van der Waals surface area contributed by atoms with Gasteiger partial charge in [0.2, 0.25) is 0 Å². The molecule has 1 aliphatic rings. The maximum atomic E-state index is 12.9. The van der Waals surface area contributed by atoms with E-state index in [1.165, 1.54) is 23.1 Å². The number of anilines is 1. The predicted octanol–water partition coefficient (Wildman–Crippen LogP) is 3.28. The average molecular weight is 455 g/mol. The number of carbonyl (C=O) groups is 2. The highest BCUT2D eigenvalue weighted by Gasteiger charge is 2.29. The van der Waals surface area contributed by atoms with Crippen molar-refractivity contribution in [3.63, 3.8) is 0 Å². The molecule has 9 heteroatoms. The summed E-state index contributed by atoms with van der Waals surface area (Å²) in [6, 6.07) is 15.8. The Hall–Kier alpha value is -3.59. The standard InChI is InChI=1S/C23H22N2O6S/c26-21-18-7-4-8-20(24-32(30,31)16-5-2-1-3-6-16)17(18)9-10-19(21)22(27)25-13-11-15(12-14-25)23(28)29/h1-10,15,24,26H,11-14H2,(H,28,29). The highest BCUT2D eigenvalue weighted by molar-refractivity contribution is 7.92. The number of aromatic hydroxyl groups is 1. The van der Waals surface area contributed by atoms with E-state index in [-0.39, 0.29) is 27.8 Å². The van der Waals surface area contributed by atoms with Crippen molar-refractivity contribution in [3.8, 4) is 5.75 Å². The quantitative estimate of drug-likeness (QED) is 0.544. The van der Waals surface area contributed by atoms with Crippen molar-refractivity contribution in [1.29, 1.82) is 0 Å². The first kappa shape index (κ1) is 21.6. The van der Waals surface area contributed by atoms with Crippen LogP contribution in [0.25, 0.3) is 10.8 Å². The lowest BCUT2D eigenvalue weighted by Crippen LogP contribution is -2.40. The maximum Gasteiger partial charge on any atom is 0.306 e. The molecule has 0 spiro atoms. The van der Waals surface area contributed by atoms with E-state index < -0.39 is 21.9 Å². The van der Waals surface area contributed by atoms with Gasteiger partial charge in [0.15, 0.2) is 0 Å². The van der Waals surface area contributed by atoms with Gasteiger partial charge in [-0.15, -0.1) is 0 Å². The third kappa shape index (κ3) is 4.11. The molecule has 0 bridgehead atoms. The van der Waals surface area contributed by atoms with Gasteiger partial charge in [-0.2, -0.15) is 0 Å². The van der Waals surface area contributed by atoms with Gasteiger partial charge in [0, 0.05) is 23.9 Å². The summed E-state index contributed by atoms with van der Waals surface area (Å²) < 4.78 is 28.0. The fourth-order valence-corrected chi connectivity index (χ4v) is 5.01. The predicted molar refractivity (Wildman–Crippen MR) is 119 cm³/mol. The number of amides is 1. The van der Waals surface area contributed by atoms with Crippen molar-refractivity contribution in [2.75, 3.05) is 17.8 Å². The van der Waals surface area contributed by atoms with Gasteiger partial charge in [-0.3, -0.25) is 14.3 Å². The molecule has 1 saturated heterocycles. The second kappa shape index (κ2) is 8.51. The Morgan fingerprint density at radius 2 is 1.59 bits per heavy atom. The number of piperidine rings is 1.